The summed E-state index contributed by atoms with van der Waals surface area (Å²) in [6.07, 6.45) is 7.34. The summed E-state index contributed by atoms with van der Waals surface area (Å²) in [5.41, 5.74) is 0. The van der Waals surface area contributed by atoms with Crippen molar-refractivity contribution in [3.05, 3.63) is 0 Å². The minimum absolute atomic E-state index is 0.119. The summed E-state index contributed by atoms with van der Waals surface area (Å²) < 4.78 is 0. The summed E-state index contributed by atoms with van der Waals surface area (Å²) in [4.78, 5) is 31.7. The number of fused-ring (bicyclic) bond motifs is 2. The van der Waals surface area contributed by atoms with Gasteiger partial charge in [0.1, 0.15) is 0 Å². The van der Waals surface area contributed by atoms with Crippen molar-refractivity contribution in [1.82, 2.24) is 20.0 Å². The number of nitrogens with zero attached hydrogens (tertiary/aromatic N) is 3. The summed E-state index contributed by atoms with van der Waals surface area (Å²) in [5, 5.41) is 3.47. The molecule has 4 aliphatic heterocycles. The lowest BCUT2D eigenvalue weighted by Crippen LogP contribution is -2.50. The van der Waals surface area contributed by atoms with E-state index in [-0.39, 0.29) is 11.9 Å². The van der Waals surface area contributed by atoms with E-state index >= 15 is 0 Å². The van der Waals surface area contributed by atoms with Crippen molar-refractivity contribution < 1.29 is 9.59 Å². The van der Waals surface area contributed by atoms with E-state index in [9.17, 15) is 9.59 Å². The normalized spacial score (nSPS) is 31.4. The first-order chi connectivity index (χ1) is 11.7. The molecule has 4 rings (SSSR count). The van der Waals surface area contributed by atoms with Gasteiger partial charge in [-0.2, -0.15) is 0 Å². The van der Waals surface area contributed by atoms with Gasteiger partial charge in [-0.05, 0) is 51.5 Å². The highest BCUT2D eigenvalue weighted by atomic mass is 16.2. The number of hydrogen-bond donors (Lipinski definition) is 1. The van der Waals surface area contributed by atoms with E-state index in [1.54, 1.807) is 0 Å². The van der Waals surface area contributed by atoms with Gasteiger partial charge in [-0.3, -0.25) is 4.79 Å². The molecular formula is C18H30N4O2. The molecule has 0 spiro atoms. The SMILES string of the molecule is O=C(N1CCCC1)N1CCC(C(=O)N2C3CCNCC2CC3)CC1. The zero-order valence-electron chi connectivity index (χ0n) is 14.6. The van der Waals surface area contributed by atoms with Gasteiger partial charge < -0.3 is 20.0 Å². The van der Waals surface area contributed by atoms with Crippen molar-refractivity contribution in [2.75, 3.05) is 39.3 Å². The van der Waals surface area contributed by atoms with Crippen molar-refractivity contribution in [2.24, 2.45) is 5.92 Å². The molecule has 24 heavy (non-hydrogen) atoms. The Morgan fingerprint density at radius 2 is 1.46 bits per heavy atom. The molecule has 4 saturated heterocycles. The molecule has 134 valence electrons. The smallest absolute Gasteiger partial charge is 0.319 e. The molecule has 4 fully saturated rings. The number of urea groups is 1. The molecule has 0 aromatic heterocycles. The van der Waals surface area contributed by atoms with Gasteiger partial charge in [0.2, 0.25) is 5.91 Å². The molecule has 0 aromatic rings. The topological polar surface area (TPSA) is 55.9 Å². The van der Waals surface area contributed by atoms with Gasteiger partial charge >= 0.3 is 6.03 Å². The van der Waals surface area contributed by atoms with Crippen LogP contribution in [-0.4, -0.2) is 78.0 Å². The maximum atomic E-state index is 13.1. The van der Waals surface area contributed by atoms with Gasteiger partial charge in [-0.25, -0.2) is 4.79 Å². The molecule has 3 amide bonds. The van der Waals surface area contributed by atoms with Crippen LogP contribution in [0.5, 0.6) is 0 Å². The Labute approximate surface area is 144 Å². The number of rotatable bonds is 1. The number of carbonyl (C=O) groups excluding carboxylic acids is 2. The molecule has 0 radical (unpaired) electrons. The Hall–Kier alpha value is -1.30. The van der Waals surface area contributed by atoms with Crippen LogP contribution in [0.1, 0.15) is 44.9 Å². The Balaban J connectivity index is 1.33. The van der Waals surface area contributed by atoms with Crippen LogP contribution in [0.3, 0.4) is 0 Å². The predicted octanol–water partition coefficient (Wildman–Crippen LogP) is 1.27. The number of hydrogen-bond acceptors (Lipinski definition) is 3. The zero-order valence-corrected chi connectivity index (χ0v) is 14.6. The highest BCUT2D eigenvalue weighted by Gasteiger charge is 2.41. The van der Waals surface area contributed by atoms with E-state index in [0.29, 0.717) is 18.0 Å². The van der Waals surface area contributed by atoms with Crippen molar-refractivity contribution in [2.45, 2.75) is 57.0 Å². The Kier molecular flexibility index (Phi) is 4.66. The van der Waals surface area contributed by atoms with Gasteiger partial charge in [0.25, 0.3) is 0 Å². The molecular weight excluding hydrogens is 304 g/mol. The molecule has 6 heteroatoms. The second-order valence-corrected chi connectivity index (χ2v) is 7.86. The van der Waals surface area contributed by atoms with Gasteiger partial charge in [-0.15, -0.1) is 0 Å². The fourth-order valence-corrected chi connectivity index (χ4v) is 4.98. The van der Waals surface area contributed by atoms with Crippen LogP contribution in [0.2, 0.25) is 0 Å². The Morgan fingerprint density at radius 3 is 2.21 bits per heavy atom. The lowest BCUT2D eigenvalue weighted by molar-refractivity contribution is -0.139. The predicted molar refractivity (Wildman–Crippen MR) is 91.6 cm³/mol. The maximum Gasteiger partial charge on any atom is 0.319 e. The average molecular weight is 334 g/mol. The molecule has 2 unspecified atom stereocenters. The van der Waals surface area contributed by atoms with Gasteiger partial charge in [-0.1, -0.05) is 0 Å². The Bertz CT molecular complexity index is 469. The van der Waals surface area contributed by atoms with Gasteiger partial charge in [0.05, 0.1) is 0 Å². The van der Waals surface area contributed by atoms with Crippen molar-refractivity contribution >= 4 is 11.9 Å². The number of amides is 3. The van der Waals surface area contributed by atoms with E-state index < -0.39 is 0 Å². The summed E-state index contributed by atoms with van der Waals surface area (Å²) in [6.45, 7) is 5.28. The zero-order chi connectivity index (χ0) is 16.5. The second-order valence-electron chi connectivity index (χ2n) is 7.86. The number of carbonyl (C=O) groups is 2. The maximum absolute atomic E-state index is 13.1. The van der Waals surface area contributed by atoms with Gasteiger partial charge in [0.15, 0.2) is 0 Å². The third-order valence-corrected chi connectivity index (χ3v) is 6.40. The molecule has 2 bridgehead atoms. The monoisotopic (exact) mass is 334 g/mol. The summed E-state index contributed by atoms with van der Waals surface area (Å²) in [7, 11) is 0. The van der Waals surface area contributed by atoms with Gasteiger partial charge in [0, 0.05) is 50.7 Å². The van der Waals surface area contributed by atoms with E-state index in [0.717, 1.165) is 77.8 Å². The largest absolute Gasteiger partial charge is 0.335 e. The van der Waals surface area contributed by atoms with Crippen LogP contribution >= 0.6 is 0 Å². The molecule has 6 nitrogen and oxygen atoms in total. The number of likely N-dealkylation sites (tertiary alicyclic amines) is 2. The molecule has 0 aromatic carbocycles. The molecule has 4 heterocycles. The highest BCUT2D eigenvalue weighted by molar-refractivity contribution is 5.81. The van der Waals surface area contributed by atoms with Crippen LogP contribution in [0.25, 0.3) is 0 Å². The standard InChI is InChI=1S/C18H30N4O2/c23-17(22-15-3-4-16(22)13-19-8-5-15)14-6-11-21(12-7-14)18(24)20-9-1-2-10-20/h14-16,19H,1-13H2. The third-order valence-electron chi connectivity index (χ3n) is 6.40. The van der Waals surface area contributed by atoms with Crippen molar-refractivity contribution in [1.29, 1.82) is 0 Å². The van der Waals surface area contributed by atoms with Crippen LogP contribution in [0.4, 0.5) is 4.79 Å². The number of piperidine rings is 1. The Morgan fingerprint density at radius 1 is 0.792 bits per heavy atom. The second kappa shape index (κ2) is 6.90. The van der Waals surface area contributed by atoms with E-state index in [1.165, 1.54) is 6.42 Å². The van der Waals surface area contributed by atoms with Crippen LogP contribution in [-0.2, 0) is 4.79 Å². The fraction of sp³-hybridized carbons (Fsp3) is 0.889. The van der Waals surface area contributed by atoms with E-state index in [1.807, 2.05) is 9.80 Å². The lowest BCUT2D eigenvalue weighted by atomic mass is 9.94. The van der Waals surface area contributed by atoms with Crippen LogP contribution < -0.4 is 5.32 Å². The fourth-order valence-electron chi connectivity index (χ4n) is 4.98. The summed E-state index contributed by atoms with van der Waals surface area (Å²) in [5.74, 6) is 0.480. The quantitative estimate of drug-likeness (QED) is 0.786. The molecule has 4 aliphatic rings. The van der Waals surface area contributed by atoms with Crippen molar-refractivity contribution in [3.63, 3.8) is 0 Å². The minimum atomic E-state index is 0.119. The third kappa shape index (κ3) is 3.01. The van der Waals surface area contributed by atoms with Crippen molar-refractivity contribution in [3.8, 4) is 0 Å². The summed E-state index contributed by atoms with van der Waals surface area (Å²) >= 11 is 0. The van der Waals surface area contributed by atoms with Crippen LogP contribution in [0, 0.1) is 5.92 Å². The average Bonchev–Trinajstić information content (AvgIpc) is 3.21. The number of nitrogens with one attached hydrogen (secondary N) is 1. The first-order valence-electron chi connectivity index (χ1n) is 9.81. The van der Waals surface area contributed by atoms with Crippen LogP contribution in [0.15, 0.2) is 0 Å². The minimum Gasteiger partial charge on any atom is -0.335 e. The highest BCUT2D eigenvalue weighted by Crippen LogP contribution is 2.32. The first-order valence-corrected chi connectivity index (χ1v) is 9.81. The summed E-state index contributed by atoms with van der Waals surface area (Å²) in [6, 6.07) is 1.04. The van der Waals surface area contributed by atoms with E-state index in [2.05, 4.69) is 10.2 Å². The molecule has 0 saturated carbocycles. The lowest BCUT2D eigenvalue weighted by Gasteiger charge is -2.37. The molecule has 1 N–H and O–H groups in total. The molecule has 2 atom stereocenters. The van der Waals surface area contributed by atoms with E-state index in [4.69, 9.17) is 0 Å². The molecule has 0 aliphatic carbocycles. The first kappa shape index (κ1) is 16.2.